The van der Waals surface area contributed by atoms with Crippen molar-refractivity contribution in [3.8, 4) is 11.5 Å². The lowest BCUT2D eigenvalue weighted by molar-refractivity contribution is -0.386. The molecule has 0 amide bonds. The van der Waals surface area contributed by atoms with Crippen LogP contribution in [0.2, 0.25) is 0 Å². The van der Waals surface area contributed by atoms with Gasteiger partial charge in [-0.1, -0.05) is 0 Å². The lowest BCUT2D eigenvalue weighted by atomic mass is 10.3. The summed E-state index contributed by atoms with van der Waals surface area (Å²) >= 11 is 4.91. The molecule has 1 aromatic heterocycles. The average molecular weight is 344 g/mol. The first-order valence-electron chi connectivity index (χ1n) is 5.29. The minimum Gasteiger partial charge on any atom is -0.497 e. The molecule has 1 aromatic carbocycles. The minimum absolute atomic E-state index is 0.0755. The number of halogens is 1. The Labute approximate surface area is 122 Å². The predicted octanol–water partition coefficient (Wildman–Crippen LogP) is 4.01. The van der Waals surface area contributed by atoms with Crippen LogP contribution in [0.25, 0.3) is 0 Å². The van der Waals surface area contributed by atoms with E-state index >= 15 is 0 Å². The fourth-order valence-corrected chi connectivity index (χ4v) is 2.84. The van der Waals surface area contributed by atoms with Gasteiger partial charge in [-0.25, -0.2) is 0 Å². The highest BCUT2D eigenvalue weighted by Crippen LogP contribution is 2.33. The van der Waals surface area contributed by atoms with E-state index in [1.165, 1.54) is 36.6 Å². The molecule has 5 nitrogen and oxygen atoms in total. The van der Waals surface area contributed by atoms with Crippen molar-refractivity contribution in [3.05, 3.63) is 49.1 Å². The molecule has 7 heteroatoms. The molecule has 0 saturated heterocycles. The van der Waals surface area contributed by atoms with Gasteiger partial charge in [-0.2, -0.15) is 0 Å². The number of nitrogens with zero attached hydrogens (tertiary/aromatic N) is 1. The fourth-order valence-electron chi connectivity index (χ4n) is 1.46. The number of nitro groups is 1. The summed E-state index contributed by atoms with van der Waals surface area (Å²) in [5.41, 5.74) is -0.0755. The van der Waals surface area contributed by atoms with Crippen molar-refractivity contribution >= 4 is 33.0 Å². The van der Waals surface area contributed by atoms with Crippen molar-refractivity contribution in [2.45, 2.75) is 6.61 Å². The number of ether oxygens (including phenoxy) is 2. The summed E-state index contributed by atoms with van der Waals surface area (Å²) in [5.74, 6) is 0.718. The van der Waals surface area contributed by atoms with Crippen molar-refractivity contribution in [2.75, 3.05) is 7.11 Å². The van der Waals surface area contributed by atoms with Gasteiger partial charge in [-0.3, -0.25) is 10.1 Å². The number of thiophene rings is 1. The Morgan fingerprint density at radius 2 is 2.21 bits per heavy atom. The quantitative estimate of drug-likeness (QED) is 0.607. The largest absolute Gasteiger partial charge is 0.497 e. The smallest absolute Gasteiger partial charge is 0.311 e. The van der Waals surface area contributed by atoms with Gasteiger partial charge >= 0.3 is 5.69 Å². The minimum atomic E-state index is -0.474. The van der Waals surface area contributed by atoms with Gasteiger partial charge in [-0.05, 0) is 33.4 Å². The van der Waals surface area contributed by atoms with Gasteiger partial charge in [0.1, 0.15) is 12.4 Å². The number of hydrogen-bond donors (Lipinski definition) is 0. The highest BCUT2D eigenvalue weighted by molar-refractivity contribution is 9.10. The molecular weight excluding hydrogens is 334 g/mol. The van der Waals surface area contributed by atoms with E-state index in [0.29, 0.717) is 5.75 Å². The van der Waals surface area contributed by atoms with Gasteiger partial charge in [0.15, 0.2) is 0 Å². The molecule has 19 heavy (non-hydrogen) atoms. The Hall–Kier alpha value is -1.60. The van der Waals surface area contributed by atoms with E-state index in [2.05, 4.69) is 15.9 Å². The van der Waals surface area contributed by atoms with Crippen molar-refractivity contribution in [2.24, 2.45) is 0 Å². The molecule has 0 aliphatic heterocycles. The highest BCUT2D eigenvalue weighted by Gasteiger charge is 2.16. The molecule has 0 N–H and O–H groups in total. The zero-order chi connectivity index (χ0) is 13.8. The van der Waals surface area contributed by atoms with Crippen LogP contribution in [-0.4, -0.2) is 12.0 Å². The van der Waals surface area contributed by atoms with Gasteiger partial charge in [0, 0.05) is 16.6 Å². The lowest BCUT2D eigenvalue weighted by Crippen LogP contribution is -1.99. The SMILES string of the molecule is COc1ccc([N+](=O)[O-])c(OCc2sccc2Br)c1. The molecule has 0 radical (unpaired) electrons. The average Bonchev–Trinajstić information content (AvgIpc) is 2.81. The molecule has 0 aliphatic carbocycles. The van der Waals surface area contributed by atoms with Crippen LogP contribution in [0, 0.1) is 10.1 Å². The lowest BCUT2D eigenvalue weighted by Gasteiger charge is -2.07. The maximum atomic E-state index is 10.9. The van der Waals surface area contributed by atoms with Crippen molar-refractivity contribution in [1.29, 1.82) is 0 Å². The van der Waals surface area contributed by atoms with Crippen LogP contribution in [0.1, 0.15) is 4.88 Å². The van der Waals surface area contributed by atoms with E-state index < -0.39 is 4.92 Å². The van der Waals surface area contributed by atoms with E-state index in [1.807, 2.05) is 11.4 Å². The van der Waals surface area contributed by atoms with Crippen molar-refractivity contribution < 1.29 is 14.4 Å². The van der Waals surface area contributed by atoms with E-state index in [4.69, 9.17) is 9.47 Å². The Kier molecular flexibility index (Phi) is 4.39. The van der Waals surface area contributed by atoms with Gasteiger partial charge in [0.05, 0.1) is 16.9 Å². The zero-order valence-corrected chi connectivity index (χ0v) is 12.4. The van der Waals surface area contributed by atoms with Crippen molar-refractivity contribution in [3.63, 3.8) is 0 Å². The summed E-state index contributed by atoms with van der Waals surface area (Å²) < 4.78 is 11.5. The second kappa shape index (κ2) is 6.03. The van der Waals surface area contributed by atoms with Crippen LogP contribution < -0.4 is 9.47 Å². The number of nitro benzene ring substituents is 1. The fraction of sp³-hybridized carbons (Fsp3) is 0.167. The van der Waals surface area contributed by atoms with Crippen LogP contribution in [0.15, 0.2) is 34.1 Å². The molecule has 0 fully saturated rings. The topological polar surface area (TPSA) is 61.6 Å². The van der Waals surface area contributed by atoms with Crippen LogP contribution in [0.5, 0.6) is 11.5 Å². The summed E-state index contributed by atoms with van der Waals surface area (Å²) in [6, 6.07) is 6.33. The maximum Gasteiger partial charge on any atom is 0.311 e. The maximum absolute atomic E-state index is 10.9. The third-order valence-electron chi connectivity index (χ3n) is 2.41. The number of rotatable bonds is 5. The molecule has 1 heterocycles. The summed E-state index contributed by atoms with van der Waals surface area (Å²) in [7, 11) is 1.50. The van der Waals surface area contributed by atoms with E-state index in [0.717, 1.165) is 9.35 Å². The molecule has 100 valence electrons. The summed E-state index contributed by atoms with van der Waals surface area (Å²) in [6.45, 7) is 0.270. The molecule has 0 atom stereocenters. The Bertz CT molecular complexity index is 599. The second-order valence-corrected chi connectivity index (χ2v) is 5.43. The summed E-state index contributed by atoms with van der Waals surface area (Å²) in [6.07, 6.45) is 0. The van der Waals surface area contributed by atoms with E-state index in [1.54, 1.807) is 0 Å². The first-order chi connectivity index (χ1) is 9.11. The van der Waals surface area contributed by atoms with Gasteiger partial charge in [-0.15, -0.1) is 11.3 Å². The van der Waals surface area contributed by atoms with E-state index in [9.17, 15) is 10.1 Å². The Morgan fingerprint density at radius 3 is 2.79 bits per heavy atom. The molecule has 0 aliphatic rings. The monoisotopic (exact) mass is 343 g/mol. The summed E-state index contributed by atoms with van der Waals surface area (Å²) in [4.78, 5) is 11.4. The number of benzene rings is 1. The third kappa shape index (κ3) is 3.24. The van der Waals surface area contributed by atoms with Gasteiger partial charge in [0.25, 0.3) is 0 Å². The van der Waals surface area contributed by atoms with Crippen LogP contribution >= 0.6 is 27.3 Å². The number of methoxy groups -OCH3 is 1. The van der Waals surface area contributed by atoms with Gasteiger partial charge < -0.3 is 9.47 Å². The second-order valence-electron chi connectivity index (χ2n) is 3.57. The Balaban J connectivity index is 2.22. The predicted molar refractivity (Wildman–Crippen MR) is 76.0 cm³/mol. The van der Waals surface area contributed by atoms with Crippen LogP contribution in [-0.2, 0) is 6.61 Å². The molecule has 2 aromatic rings. The van der Waals surface area contributed by atoms with Crippen LogP contribution in [0.4, 0.5) is 5.69 Å². The van der Waals surface area contributed by atoms with Crippen molar-refractivity contribution in [1.82, 2.24) is 0 Å². The first kappa shape index (κ1) is 13.8. The standard InChI is InChI=1S/C12H10BrNO4S/c1-17-8-2-3-10(14(15)16)11(6-8)18-7-12-9(13)4-5-19-12/h2-6H,7H2,1H3. The van der Waals surface area contributed by atoms with Gasteiger partial charge in [0.2, 0.25) is 5.75 Å². The molecule has 0 bridgehead atoms. The van der Waals surface area contributed by atoms with Crippen LogP contribution in [0.3, 0.4) is 0 Å². The molecular formula is C12H10BrNO4S. The number of hydrogen-bond acceptors (Lipinski definition) is 5. The van der Waals surface area contributed by atoms with E-state index in [-0.39, 0.29) is 18.0 Å². The summed E-state index contributed by atoms with van der Waals surface area (Å²) in [5, 5.41) is 12.8. The molecule has 0 unspecified atom stereocenters. The zero-order valence-electron chi connectivity index (χ0n) is 9.96. The highest BCUT2D eigenvalue weighted by atomic mass is 79.9. The molecule has 0 spiro atoms. The third-order valence-corrected chi connectivity index (χ3v) is 4.31. The first-order valence-corrected chi connectivity index (χ1v) is 6.96. The normalized spacial score (nSPS) is 10.2. The molecule has 0 saturated carbocycles. The molecule has 2 rings (SSSR count). The Morgan fingerprint density at radius 1 is 1.42 bits per heavy atom.